The lowest BCUT2D eigenvalue weighted by molar-refractivity contribution is -0.324. The van der Waals surface area contributed by atoms with Gasteiger partial charge in [-0.05, 0) is 55.5 Å². The second-order valence-electron chi connectivity index (χ2n) is 18.1. The van der Waals surface area contributed by atoms with Crippen molar-refractivity contribution in [3.63, 3.8) is 0 Å². The number of ether oxygens (including phenoxy) is 12. The summed E-state index contributed by atoms with van der Waals surface area (Å²) in [5, 5.41) is 2.41. The Labute approximate surface area is 483 Å². The van der Waals surface area contributed by atoms with Gasteiger partial charge in [0.1, 0.15) is 37.0 Å². The minimum atomic E-state index is -2.90. The molecule has 6 rings (SSSR count). The summed E-state index contributed by atoms with van der Waals surface area (Å²) >= 11 is 18.6. The Hall–Kier alpha value is -6.99. The maximum atomic E-state index is 14.7. The highest BCUT2D eigenvalue weighted by Gasteiger charge is 2.61. The summed E-state index contributed by atoms with van der Waals surface area (Å²) in [6.07, 6.45) is -16.9. The van der Waals surface area contributed by atoms with Crippen molar-refractivity contribution in [2.45, 2.75) is 116 Å². The number of halogens is 3. The molecule has 2 aliphatic heterocycles. The first kappa shape index (κ1) is 63.2. The molecule has 26 heteroatoms. The van der Waals surface area contributed by atoms with E-state index in [0.29, 0.717) is 4.90 Å². The number of benzene rings is 4. The normalized spacial score (nSPS) is 23.1. The number of amides is 1. The first-order valence-corrected chi connectivity index (χ1v) is 26.7. The van der Waals surface area contributed by atoms with E-state index >= 15 is 0 Å². The summed E-state index contributed by atoms with van der Waals surface area (Å²) in [6.45, 7) is 3.12. The predicted octanol–water partition coefficient (Wildman–Crippen LogP) is 6.99. The number of rotatable bonds is 21. The van der Waals surface area contributed by atoms with Crippen molar-refractivity contribution in [3.05, 3.63) is 138 Å². The summed E-state index contributed by atoms with van der Waals surface area (Å²) < 4.78 is 69.0. The lowest BCUT2D eigenvalue weighted by atomic mass is 9.88. The lowest BCUT2D eigenvalue weighted by Gasteiger charge is -2.49. The molecule has 4 aromatic carbocycles. The van der Waals surface area contributed by atoms with Crippen LogP contribution in [-0.2, 0) is 80.8 Å². The van der Waals surface area contributed by atoms with Gasteiger partial charge in [-0.1, -0.05) is 119 Å². The molecule has 0 spiro atoms. The Morgan fingerprint density at radius 2 is 1.17 bits per heavy atom. The number of methoxy groups -OCH3 is 1. The summed E-state index contributed by atoms with van der Waals surface area (Å²) in [7, 11) is 0.928. The van der Waals surface area contributed by atoms with Crippen molar-refractivity contribution in [2.24, 2.45) is 0 Å². The molecule has 434 valence electrons. The van der Waals surface area contributed by atoms with E-state index < -0.39 is 150 Å². The molecule has 0 saturated carbocycles. The summed E-state index contributed by atoms with van der Waals surface area (Å²) in [6, 6.07) is 28.5. The number of hydrogen-bond donors (Lipinski definition) is 1. The predicted molar refractivity (Wildman–Crippen MR) is 285 cm³/mol. The van der Waals surface area contributed by atoms with Crippen LogP contribution in [0.2, 0.25) is 0 Å². The van der Waals surface area contributed by atoms with Gasteiger partial charge in [0.05, 0.1) is 42.9 Å². The van der Waals surface area contributed by atoms with Gasteiger partial charge in [-0.25, -0.2) is 24.0 Å². The number of alkyl carbamates (subject to hydrolysis) is 1. The monoisotopic (exact) mass is 1200 g/mol. The third kappa shape index (κ3) is 18.3. The first-order valence-electron chi connectivity index (χ1n) is 24.7. The molecule has 0 aromatic heterocycles. The van der Waals surface area contributed by atoms with Crippen LogP contribution in [0, 0.1) is 6.92 Å². The molecule has 22 nitrogen and oxygen atoms in total. The second-order valence-corrected chi connectivity index (χ2v) is 21.7. The molecule has 81 heavy (non-hydrogen) atoms. The molecule has 2 aliphatic rings. The van der Waals surface area contributed by atoms with Crippen LogP contribution in [0.3, 0.4) is 0 Å². The Morgan fingerprint density at radius 1 is 0.654 bits per heavy atom. The highest BCUT2D eigenvalue weighted by atomic mass is 35.6. The number of carbonyl (C=O) groups excluding carboxylic acids is 9. The van der Waals surface area contributed by atoms with Crippen molar-refractivity contribution < 1.29 is 100.0 Å². The number of nitrogens with one attached hydrogen (secondary N) is 1. The number of esters is 8. The molecule has 2 fully saturated rings. The highest BCUT2D eigenvalue weighted by Crippen LogP contribution is 2.42. The first-order chi connectivity index (χ1) is 38.4. The SMILES string of the molecule is COC(=O)[C@@]1(OC[C@H]2O[C@@H](Sc3ccc(C)cc3)[C@H](OC(=O)c3ccccc3)[C@@H](OC(=O)c3ccccc3)[C@H]2OC(=O)c2ccccc2)C[C@H](OC(C)=O)[C@@H](NC(=O)OCC(Cl)(Cl)Cl)[C@H]([C@H](OC(C)=O)[C@@H](COC(C)=O)OC(C)=O)O1. The topological polar surface area (TPSA) is 276 Å². The molecular weight excluding hydrogens is 1150 g/mol. The van der Waals surface area contributed by atoms with Gasteiger partial charge in [-0.2, -0.15) is 0 Å². The van der Waals surface area contributed by atoms with E-state index in [-0.39, 0.29) is 16.7 Å². The fraction of sp³-hybridized carbons (Fsp3) is 0.400. The zero-order chi connectivity index (χ0) is 59.0. The minimum absolute atomic E-state index is 0.00602. The Balaban J connectivity index is 1.54. The molecule has 1 N–H and O–H groups in total. The molecule has 0 unspecified atom stereocenters. The van der Waals surface area contributed by atoms with E-state index in [9.17, 15) is 43.2 Å². The van der Waals surface area contributed by atoms with E-state index in [1.54, 1.807) is 78.9 Å². The van der Waals surface area contributed by atoms with E-state index in [1.807, 2.05) is 6.92 Å². The number of carbonyl (C=O) groups is 9. The zero-order valence-electron chi connectivity index (χ0n) is 44.2. The van der Waals surface area contributed by atoms with Crippen LogP contribution in [0.25, 0.3) is 0 Å². The van der Waals surface area contributed by atoms with Gasteiger partial charge in [0.2, 0.25) is 3.79 Å². The van der Waals surface area contributed by atoms with Gasteiger partial charge >= 0.3 is 53.8 Å². The van der Waals surface area contributed by atoms with Crippen molar-refractivity contribution in [1.82, 2.24) is 5.32 Å². The summed E-state index contributed by atoms with van der Waals surface area (Å²) in [5.74, 6) is -11.2. The molecule has 2 heterocycles. The van der Waals surface area contributed by atoms with Crippen LogP contribution in [0.1, 0.15) is 70.8 Å². The van der Waals surface area contributed by atoms with Crippen LogP contribution in [0.5, 0.6) is 0 Å². The molecular formula is C55H56Cl3NO21S. The molecule has 0 bridgehead atoms. The highest BCUT2D eigenvalue weighted by molar-refractivity contribution is 7.99. The quantitative estimate of drug-likeness (QED) is 0.0500. The van der Waals surface area contributed by atoms with Crippen molar-refractivity contribution in [2.75, 3.05) is 26.9 Å². The Kier molecular flexibility index (Phi) is 22.7. The smallest absolute Gasteiger partial charge is 0.407 e. The maximum Gasteiger partial charge on any atom is 0.407 e. The third-order valence-electron chi connectivity index (χ3n) is 11.9. The number of hydrogen-bond acceptors (Lipinski definition) is 22. The lowest BCUT2D eigenvalue weighted by Crippen LogP contribution is -2.70. The number of alkyl halides is 3. The van der Waals surface area contributed by atoms with E-state index in [1.165, 1.54) is 36.4 Å². The van der Waals surface area contributed by atoms with Crippen LogP contribution >= 0.6 is 46.6 Å². The van der Waals surface area contributed by atoms with Gasteiger partial charge in [0.25, 0.3) is 5.79 Å². The molecule has 11 atom stereocenters. The van der Waals surface area contributed by atoms with Gasteiger partial charge in [0, 0.05) is 32.6 Å². The molecule has 0 radical (unpaired) electrons. The number of thioether (sulfide) groups is 1. The molecule has 0 aliphatic carbocycles. The summed E-state index contributed by atoms with van der Waals surface area (Å²) in [5.41, 5.74) is -0.378. The fourth-order valence-corrected chi connectivity index (χ4v) is 9.68. The largest absolute Gasteiger partial charge is 0.465 e. The van der Waals surface area contributed by atoms with Gasteiger partial charge < -0.3 is 62.2 Å². The van der Waals surface area contributed by atoms with Crippen molar-refractivity contribution in [1.29, 1.82) is 0 Å². The fourth-order valence-electron chi connectivity index (χ4n) is 8.41. The van der Waals surface area contributed by atoms with Crippen LogP contribution in [0.4, 0.5) is 4.79 Å². The average molecular weight is 1210 g/mol. The van der Waals surface area contributed by atoms with Crippen LogP contribution in [0.15, 0.2) is 120 Å². The van der Waals surface area contributed by atoms with E-state index in [2.05, 4.69) is 5.32 Å². The molecule has 2 saturated heterocycles. The van der Waals surface area contributed by atoms with Crippen LogP contribution in [-0.4, -0.2) is 151 Å². The minimum Gasteiger partial charge on any atom is -0.465 e. The van der Waals surface area contributed by atoms with Gasteiger partial charge in [-0.15, -0.1) is 0 Å². The molecule has 4 aromatic rings. The Morgan fingerprint density at radius 3 is 1.65 bits per heavy atom. The van der Waals surface area contributed by atoms with Gasteiger partial charge in [0.15, 0.2) is 30.5 Å². The third-order valence-corrected chi connectivity index (χ3v) is 13.4. The molecule has 1 amide bonds. The Bertz CT molecular complexity index is 2850. The van der Waals surface area contributed by atoms with Crippen molar-refractivity contribution >= 4 is 100 Å². The number of aryl methyl sites for hydroxylation is 1. The van der Waals surface area contributed by atoms with Crippen LogP contribution < -0.4 is 5.32 Å². The van der Waals surface area contributed by atoms with E-state index in [4.69, 9.17) is 91.6 Å². The standard InChI is InChI=1S/C55H56Cl3NO21S/c1-30-22-24-38(25-23-30)81-51-47(79-50(66)37-20-14-9-15-21-37)46(78-49(65)36-18-12-8-13-19-36)44(77-48(64)35-16-10-7-11-17-35)41(76-51)28-72-54(52(67)69-6)26-39(73-32(3)61)42(59-53(68)71-29-55(56,57)58)45(80-54)43(75-34(5)63)40(74-33(4)62)27-70-31(2)60/h7-25,39-47,51H,26-29H2,1-6H3,(H,59,68)/t39-,40+,41+,42+,43+,44-,45+,46-,47+,51-,54+/m0/s1. The van der Waals surface area contributed by atoms with Gasteiger partial charge in [-0.3, -0.25) is 19.2 Å². The van der Waals surface area contributed by atoms with Crippen molar-refractivity contribution in [3.8, 4) is 0 Å². The van der Waals surface area contributed by atoms with E-state index in [0.717, 1.165) is 52.1 Å². The second kappa shape index (κ2) is 29.1. The zero-order valence-corrected chi connectivity index (χ0v) is 47.3. The summed E-state index contributed by atoms with van der Waals surface area (Å²) in [4.78, 5) is 123. The average Bonchev–Trinajstić information content (AvgIpc) is 3.63. The maximum absolute atomic E-state index is 14.7.